The van der Waals surface area contributed by atoms with Crippen LogP contribution in [-0.2, 0) is 16.6 Å². The van der Waals surface area contributed by atoms with Gasteiger partial charge in [-0.05, 0) is 98.6 Å². The molecule has 3 aliphatic carbocycles. The van der Waals surface area contributed by atoms with E-state index in [9.17, 15) is 15.0 Å². The van der Waals surface area contributed by atoms with Gasteiger partial charge in [0.15, 0.2) is 11.5 Å². The molecule has 202 valence electrons. The molecule has 1 amide bonds. The van der Waals surface area contributed by atoms with Gasteiger partial charge in [0.2, 0.25) is 5.91 Å². The summed E-state index contributed by atoms with van der Waals surface area (Å²) in [7, 11) is 1.82. The Morgan fingerprint density at radius 3 is 2.92 bits per heavy atom. The van der Waals surface area contributed by atoms with E-state index in [2.05, 4.69) is 15.1 Å². The Morgan fingerprint density at radius 1 is 1.28 bits per heavy atom. The van der Waals surface area contributed by atoms with Crippen LogP contribution in [0.3, 0.4) is 0 Å². The average Bonchev–Trinajstić information content (AvgIpc) is 3.67. The topological polar surface area (TPSA) is 85.6 Å². The van der Waals surface area contributed by atoms with E-state index in [1.807, 2.05) is 37.4 Å². The fraction of sp³-hybridized carbons (Fsp3) is 0.484. The highest BCUT2D eigenvalue weighted by molar-refractivity contribution is 7.78. The van der Waals surface area contributed by atoms with Crippen molar-refractivity contribution in [1.29, 1.82) is 0 Å². The monoisotopic (exact) mass is 543 g/mol. The molecule has 8 heteroatoms. The number of amides is 1. The van der Waals surface area contributed by atoms with Gasteiger partial charge in [0, 0.05) is 31.3 Å². The van der Waals surface area contributed by atoms with Crippen LogP contribution in [0.15, 0.2) is 47.5 Å². The minimum absolute atomic E-state index is 0.0186. The summed E-state index contributed by atoms with van der Waals surface area (Å²) in [6.45, 7) is 1.93. The number of phenolic OH excluding ortho intramolecular Hbond substituents is 1. The molecule has 7 nitrogen and oxygen atoms in total. The minimum Gasteiger partial charge on any atom is -0.504 e. The number of nitrogens with zero attached hydrogens (tertiary/aromatic N) is 3. The highest BCUT2D eigenvalue weighted by Crippen LogP contribution is 2.66. The fourth-order valence-electron chi connectivity index (χ4n) is 8.05. The first-order valence-corrected chi connectivity index (χ1v) is 14.4. The Labute approximate surface area is 233 Å². The van der Waals surface area contributed by atoms with Crippen molar-refractivity contribution in [1.82, 2.24) is 9.80 Å². The molecule has 0 aromatic heterocycles. The van der Waals surface area contributed by atoms with Crippen LogP contribution < -0.4 is 4.74 Å². The molecule has 2 aromatic rings. The fourth-order valence-corrected chi connectivity index (χ4v) is 8.16. The third-order valence-electron chi connectivity index (χ3n) is 10.0. The number of isothiocyanates is 1. The van der Waals surface area contributed by atoms with Crippen molar-refractivity contribution in [2.45, 2.75) is 67.7 Å². The highest BCUT2D eigenvalue weighted by atomic mass is 32.1. The lowest BCUT2D eigenvalue weighted by molar-refractivity contribution is -0.200. The van der Waals surface area contributed by atoms with Crippen LogP contribution in [-0.4, -0.2) is 75.0 Å². The van der Waals surface area contributed by atoms with Gasteiger partial charge in [-0.25, -0.2) is 0 Å². The molecule has 1 saturated heterocycles. The second kappa shape index (κ2) is 9.00. The standard InChI is InChI=1S/C31H33N3O4S/c1-33(26(36)10-7-19-3-2-4-22(15-19)32-18-39)23-11-12-31(37)25-16-21-8-9-24(35)28-27(21)30(31,29(23)38-28)13-14-34(25)17-20-5-6-20/h2-4,7-10,15,20,23,25,29,35,37H,5-6,11-14,16-17H2,1H3/t23-,25+,29-,30-,31+/m0/s1. The van der Waals surface area contributed by atoms with E-state index in [4.69, 9.17) is 17.0 Å². The number of hydrogen-bond acceptors (Lipinski definition) is 7. The van der Waals surface area contributed by atoms with Gasteiger partial charge in [-0.2, -0.15) is 4.99 Å². The number of phenols is 1. The summed E-state index contributed by atoms with van der Waals surface area (Å²) in [6.07, 6.45) is 8.23. The Kier molecular flexibility index (Phi) is 5.76. The van der Waals surface area contributed by atoms with Gasteiger partial charge >= 0.3 is 0 Å². The lowest BCUT2D eigenvalue weighted by atomic mass is 9.48. The van der Waals surface area contributed by atoms with Crippen molar-refractivity contribution in [2.24, 2.45) is 10.9 Å². The van der Waals surface area contributed by atoms with Gasteiger partial charge in [0.05, 0.1) is 27.9 Å². The van der Waals surface area contributed by atoms with Crippen LogP contribution in [0, 0.1) is 5.92 Å². The molecule has 2 aromatic carbocycles. The zero-order chi connectivity index (χ0) is 26.9. The number of carbonyl (C=O) groups excluding carboxylic acids is 1. The zero-order valence-electron chi connectivity index (χ0n) is 22.0. The number of ether oxygens (including phenoxy) is 1. The summed E-state index contributed by atoms with van der Waals surface area (Å²) < 4.78 is 6.62. The Balaban J connectivity index is 1.22. The number of benzene rings is 2. The molecule has 0 radical (unpaired) electrons. The maximum Gasteiger partial charge on any atom is 0.246 e. The lowest BCUT2D eigenvalue weighted by Gasteiger charge is -2.64. The van der Waals surface area contributed by atoms with Crippen LogP contribution in [0.4, 0.5) is 5.69 Å². The molecule has 7 rings (SSSR count). The predicted octanol–water partition coefficient (Wildman–Crippen LogP) is 4.23. The third kappa shape index (κ3) is 3.66. The van der Waals surface area contributed by atoms with Gasteiger partial charge in [-0.15, -0.1) is 0 Å². The lowest BCUT2D eigenvalue weighted by Crippen LogP contribution is -2.78. The van der Waals surface area contributed by atoms with Gasteiger partial charge in [-0.1, -0.05) is 18.2 Å². The first kappa shape index (κ1) is 25.0. The molecule has 2 heterocycles. The van der Waals surface area contributed by atoms with E-state index in [1.165, 1.54) is 12.8 Å². The maximum absolute atomic E-state index is 13.5. The van der Waals surface area contributed by atoms with Crippen molar-refractivity contribution in [3.8, 4) is 11.5 Å². The molecule has 2 saturated carbocycles. The molecule has 5 aliphatic rings. The van der Waals surface area contributed by atoms with Crippen LogP contribution >= 0.6 is 12.2 Å². The quantitative estimate of drug-likeness (QED) is 0.322. The largest absolute Gasteiger partial charge is 0.504 e. The number of hydrogen-bond donors (Lipinski definition) is 2. The predicted molar refractivity (Wildman–Crippen MR) is 152 cm³/mol. The van der Waals surface area contributed by atoms with Crippen LogP contribution in [0.2, 0.25) is 0 Å². The summed E-state index contributed by atoms with van der Waals surface area (Å²) in [5.41, 5.74) is 2.06. The summed E-state index contributed by atoms with van der Waals surface area (Å²) in [4.78, 5) is 21.8. The van der Waals surface area contributed by atoms with Gasteiger partial charge in [-0.3, -0.25) is 9.69 Å². The molecule has 2 N–H and O–H groups in total. The highest BCUT2D eigenvalue weighted by Gasteiger charge is 2.73. The van der Waals surface area contributed by atoms with Gasteiger partial charge < -0.3 is 19.8 Å². The molecule has 2 aliphatic heterocycles. The number of thiocarbonyl (C=S) groups is 1. The second-order valence-corrected chi connectivity index (χ2v) is 12.2. The molecule has 3 fully saturated rings. The van der Waals surface area contributed by atoms with E-state index in [-0.39, 0.29) is 23.7 Å². The van der Waals surface area contributed by atoms with Crippen molar-refractivity contribution in [3.05, 3.63) is 59.2 Å². The Bertz CT molecular complexity index is 1430. The van der Waals surface area contributed by atoms with E-state index in [0.29, 0.717) is 24.3 Å². The number of likely N-dealkylation sites (tertiary alicyclic amines) is 1. The summed E-state index contributed by atoms with van der Waals surface area (Å²) >= 11 is 4.70. The molecular weight excluding hydrogens is 510 g/mol. The third-order valence-corrected chi connectivity index (χ3v) is 10.1. The summed E-state index contributed by atoms with van der Waals surface area (Å²) in [5.74, 6) is 1.23. The Hall–Kier alpha value is -3.03. The van der Waals surface area contributed by atoms with Gasteiger partial charge in [0.1, 0.15) is 6.10 Å². The number of aliphatic imine (C=N–C) groups is 1. The first-order chi connectivity index (χ1) is 18.9. The molecule has 39 heavy (non-hydrogen) atoms. The van der Waals surface area contributed by atoms with Crippen LogP contribution in [0.25, 0.3) is 6.08 Å². The molecular formula is C31H33N3O4S. The smallest absolute Gasteiger partial charge is 0.246 e. The average molecular weight is 544 g/mol. The minimum atomic E-state index is -0.963. The number of aromatic hydroxyl groups is 1. The summed E-state index contributed by atoms with van der Waals surface area (Å²) in [5, 5.41) is 25.8. The number of likely N-dealkylation sites (N-methyl/N-ethyl adjacent to an activating group) is 1. The molecule has 0 unspecified atom stereocenters. The van der Waals surface area contributed by atoms with E-state index in [1.54, 1.807) is 23.1 Å². The van der Waals surface area contributed by atoms with E-state index >= 15 is 0 Å². The summed E-state index contributed by atoms with van der Waals surface area (Å²) in [6, 6.07) is 11.0. The molecule has 2 bridgehead atoms. The van der Waals surface area contributed by atoms with Crippen molar-refractivity contribution in [2.75, 3.05) is 20.1 Å². The van der Waals surface area contributed by atoms with Crippen LogP contribution in [0.5, 0.6) is 11.5 Å². The van der Waals surface area contributed by atoms with Crippen molar-refractivity contribution >= 4 is 35.0 Å². The van der Waals surface area contributed by atoms with Crippen molar-refractivity contribution in [3.63, 3.8) is 0 Å². The van der Waals surface area contributed by atoms with Crippen LogP contribution in [0.1, 0.15) is 48.8 Å². The van der Waals surface area contributed by atoms with E-state index in [0.717, 1.165) is 48.5 Å². The normalized spacial score (nSPS) is 32.3. The molecule has 1 spiro atoms. The second-order valence-electron chi connectivity index (χ2n) is 12.0. The van der Waals surface area contributed by atoms with E-state index < -0.39 is 17.1 Å². The number of piperidine rings is 1. The number of rotatable bonds is 6. The maximum atomic E-state index is 13.5. The SMILES string of the molecule is CN(C(=O)C=Cc1cccc(N=C=S)c1)[C@H]1CC[C@@]2(O)[C@H]3Cc4ccc(O)c5c4[C@@]2(CCN3CC2CC2)[C@H]1O5. The number of aliphatic hydroxyl groups is 1. The van der Waals surface area contributed by atoms with Gasteiger partial charge in [0.25, 0.3) is 0 Å². The zero-order valence-corrected chi connectivity index (χ0v) is 22.9. The Morgan fingerprint density at radius 2 is 2.13 bits per heavy atom. The first-order valence-electron chi connectivity index (χ1n) is 14.0. The molecule has 5 atom stereocenters. The van der Waals surface area contributed by atoms with Crippen molar-refractivity contribution < 1.29 is 19.7 Å². The number of carbonyl (C=O) groups is 1.